The first kappa shape index (κ1) is 28.8. The molecule has 1 aromatic heterocycles. The van der Waals surface area contributed by atoms with Crippen molar-refractivity contribution in [2.45, 2.75) is 38.3 Å². The fourth-order valence-electron chi connectivity index (χ4n) is 6.76. The van der Waals surface area contributed by atoms with Crippen LogP contribution in [0.5, 0.6) is 0 Å². The van der Waals surface area contributed by atoms with Crippen molar-refractivity contribution >= 4 is 22.6 Å². The predicted octanol–water partition coefficient (Wildman–Crippen LogP) is 7.75. The number of amides is 1. The molecule has 7 rings (SSSR count). The van der Waals surface area contributed by atoms with Gasteiger partial charge in [-0.2, -0.15) is 5.26 Å². The molecule has 4 aromatic carbocycles. The molecule has 2 fully saturated rings. The van der Waals surface area contributed by atoms with E-state index < -0.39 is 0 Å². The molecule has 2 saturated heterocycles. The zero-order valence-corrected chi connectivity index (χ0v) is 25.5. The Labute approximate surface area is 264 Å². The van der Waals surface area contributed by atoms with Gasteiger partial charge in [0.05, 0.1) is 22.7 Å². The fraction of sp³-hybridized carbons (Fsp3) is 0.256. The molecular formula is C39H37N5O. The van der Waals surface area contributed by atoms with Gasteiger partial charge in [-0.1, -0.05) is 72.8 Å². The summed E-state index contributed by atoms with van der Waals surface area (Å²) in [6, 6.07) is 37.0. The Morgan fingerprint density at radius 1 is 0.800 bits per heavy atom. The molecule has 0 radical (unpaired) electrons. The molecule has 1 amide bonds. The highest BCUT2D eigenvalue weighted by Crippen LogP contribution is 2.31. The van der Waals surface area contributed by atoms with Crippen LogP contribution >= 0.6 is 0 Å². The average Bonchev–Trinajstić information content (AvgIpc) is 3.80. The summed E-state index contributed by atoms with van der Waals surface area (Å²) in [5.41, 5.74) is 7.62. The lowest BCUT2D eigenvalue weighted by Crippen LogP contribution is -2.42. The van der Waals surface area contributed by atoms with Gasteiger partial charge in [0.2, 0.25) is 0 Å². The van der Waals surface area contributed by atoms with Gasteiger partial charge in [0.15, 0.2) is 0 Å². The van der Waals surface area contributed by atoms with Crippen LogP contribution < -0.4 is 5.32 Å². The number of hydrogen-bond donors (Lipinski definition) is 1. The number of benzene rings is 4. The predicted molar refractivity (Wildman–Crippen MR) is 181 cm³/mol. The number of aromatic nitrogens is 1. The molecule has 2 aliphatic heterocycles. The highest BCUT2D eigenvalue weighted by atomic mass is 16.2. The summed E-state index contributed by atoms with van der Waals surface area (Å²) in [5.74, 6) is 0.774. The highest BCUT2D eigenvalue weighted by molar-refractivity contribution is 6.08. The van der Waals surface area contributed by atoms with Crippen LogP contribution in [-0.2, 0) is 6.54 Å². The minimum atomic E-state index is 0.0799. The summed E-state index contributed by atoms with van der Waals surface area (Å²) in [6.07, 6.45) is 4.58. The zero-order valence-electron chi connectivity index (χ0n) is 25.5. The van der Waals surface area contributed by atoms with E-state index in [0.717, 1.165) is 66.6 Å². The Balaban J connectivity index is 1.19. The van der Waals surface area contributed by atoms with E-state index >= 15 is 0 Å². The SMILES string of the molecule is N#Cc1ccc(-c2ccc3nc(NCc4ccc(-c5ccccc5)cc4)cc(C(=O)N4CCC[C@H]4CN4CCCC4)c3c2)cc1. The molecule has 5 aromatic rings. The van der Waals surface area contributed by atoms with E-state index in [9.17, 15) is 10.1 Å². The summed E-state index contributed by atoms with van der Waals surface area (Å²) < 4.78 is 0. The fourth-order valence-corrected chi connectivity index (χ4v) is 6.76. The molecule has 1 atom stereocenters. The number of nitriles is 1. The number of fused-ring (bicyclic) bond motifs is 1. The van der Waals surface area contributed by atoms with Gasteiger partial charge in [-0.05, 0) is 96.9 Å². The molecule has 224 valence electrons. The third-order valence-corrected chi connectivity index (χ3v) is 9.23. The largest absolute Gasteiger partial charge is 0.366 e. The lowest BCUT2D eigenvalue weighted by atomic mass is 9.99. The van der Waals surface area contributed by atoms with Crippen molar-refractivity contribution in [3.63, 3.8) is 0 Å². The maximum absolute atomic E-state index is 14.4. The second kappa shape index (κ2) is 12.9. The van der Waals surface area contributed by atoms with Gasteiger partial charge in [0.25, 0.3) is 5.91 Å². The van der Waals surface area contributed by atoms with Crippen LogP contribution in [0.1, 0.15) is 47.2 Å². The third-order valence-electron chi connectivity index (χ3n) is 9.23. The zero-order chi connectivity index (χ0) is 30.6. The normalized spacial score (nSPS) is 16.6. The number of carbonyl (C=O) groups excluding carboxylic acids is 1. The number of carbonyl (C=O) groups is 1. The lowest BCUT2D eigenvalue weighted by molar-refractivity contribution is 0.0710. The summed E-state index contributed by atoms with van der Waals surface area (Å²) in [4.78, 5) is 24.0. The molecular weight excluding hydrogens is 554 g/mol. The Bertz CT molecular complexity index is 1840. The minimum Gasteiger partial charge on any atom is -0.366 e. The van der Waals surface area contributed by atoms with Gasteiger partial charge in [-0.15, -0.1) is 0 Å². The molecule has 0 aliphatic carbocycles. The highest BCUT2D eigenvalue weighted by Gasteiger charge is 2.32. The van der Waals surface area contributed by atoms with Crippen molar-refractivity contribution in [3.8, 4) is 28.3 Å². The van der Waals surface area contributed by atoms with Crippen LogP contribution in [0, 0.1) is 11.3 Å². The molecule has 45 heavy (non-hydrogen) atoms. The number of nitrogens with zero attached hydrogens (tertiary/aromatic N) is 4. The van der Waals surface area contributed by atoms with E-state index in [4.69, 9.17) is 4.98 Å². The van der Waals surface area contributed by atoms with Crippen LogP contribution in [0.4, 0.5) is 5.82 Å². The van der Waals surface area contributed by atoms with Crippen LogP contribution in [0.25, 0.3) is 33.2 Å². The van der Waals surface area contributed by atoms with Crippen LogP contribution in [0.3, 0.4) is 0 Å². The maximum atomic E-state index is 14.4. The molecule has 6 nitrogen and oxygen atoms in total. The number of likely N-dealkylation sites (tertiary alicyclic amines) is 2. The number of nitrogens with one attached hydrogen (secondary N) is 1. The van der Waals surface area contributed by atoms with Crippen LogP contribution in [0.15, 0.2) is 103 Å². The van der Waals surface area contributed by atoms with Crippen molar-refractivity contribution in [3.05, 3.63) is 120 Å². The summed E-state index contributed by atoms with van der Waals surface area (Å²) in [5, 5.41) is 13.6. The van der Waals surface area contributed by atoms with E-state index in [1.807, 2.05) is 48.5 Å². The van der Waals surface area contributed by atoms with E-state index in [0.29, 0.717) is 23.5 Å². The second-order valence-corrected chi connectivity index (χ2v) is 12.2. The van der Waals surface area contributed by atoms with Gasteiger partial charge in [0.1, 0.15) is 5.82 Å². The smallest absolute Gasteiger partial charge is 0.254 e. The van der Waals surface area contributed by atoms with Crippen molar-refractivity contribution in [2.75, 3.05) is 31.5 Å². The third kappa shape index (κ3) is 6.31. The first-order valence-corrected chi connectivity index (χ1v) is 16.0. The number of rotatable bonds is 8. The Morgan fingerprint density at radius 3 is 2.24 bits per heavy atom. The molecule has 0 saturated carbocycles. The molecule has 6 heteroatoms. The summed E-state index contributed by atoms with van der Waals surface area (Å²) in [7, 11) is 0. The maximum Gasteiger partial charge on any atom is 0.254 e. The van der Waals surface area contributed by atoms with Crippen molar-refractivity contribution in [2.24, 2.45) is 0 Å². The van der Waals surface area contributed by atoms with Crippen molar-refractivity contribution < 1.29 is 4.79 Å². The van der Waals surface area contributed by atoms with Crippen molar-refractivity contribution in [1.82, 2.24) is 14.8 Å². The van der Waals surface area contributed by atoms with E-state index in [2.05, 4.69) is 75.8 Å². The molecule has 0 unspecified atom stereocenters. The topological polar surface area (TPSA) is 72.3 Å². The van der Waals surface area contributed by atoms with E-state index in [1.54, 1.807) is 0 Å². The Morgan fingerprint density at radius 2 is 1.49 bits per heavy atom. The summed E-state index contributed by atoms with van der Waals surface area (Å²) in [6.45, 7) is 4.60. The summed E-state index contributed by atoms with van der Waals surface area (Å²) >= 11 is 0. The van der Waals surface area contributed by atoms with Gasteiger partial charge in [0, 0.05) is 31.1 Å². The van der Waals surface area contributed by atoms with E-state index in [1.165, 1.54) is 24.0 Å². The average molecular weight is 592 g/mol. The van der Waals surface area contributed by atoms with Crippen LogP contribution in [-0.4, -0.2) is 52.9 Å². The first-order chi connectivity index (χ1) is 22.1. The number of pyridine rings is 1. The Hall–Kier alpha value is -4.99. The van der Waals surface area contributed by atoms with Gasteiger partial charge < -0.3 is 15.1 Å². The number of hydrogen-bond acceptors (Lipinski definition) is 5. The molecule has 1 N–H and O–H groups in total. The Kier molecular flexibility index (Phi) is 8.27. The lowest BCUT2D eigenvalue weighted by Gasteiger charge is -2.29. The molecule has 0 spiro atoms. The van der Waals surface area contributed by atoms with Gasteiger partial charge >= 0.3 is 0 Å². The first-order valence-electron chi connectivity index (χ1n) is 16.0. The molecule has 0 bridgehead atoms. The standard InChI is InChI=1S/C39H37N5O/c40-25-28-10-14-32(15-11-28)33-18-19-37-35(23-33)36(39(45)44-22-6-9-34(44)27-43-20-4-5-21-43)24-38(42-37)41-26-29-12-16-31(17-13-29)30-7-2-1-3-8-30/h1-3,7-8,10-19,23-24,34H,4-6,9,20-22,26-27H2,(H,41,42)/t34-/m0/s1. The van der Waals surface area contributed by atoms with Gasteiger partial charge in [-0.3, -0.25) is 4.79 Å². The monoisotopic (exact) mass is 591 g/mol. The second-order valence-electron chi connectivity index (χ2n) is 12.2. The number of anilines is 1. The quantitative estimate of drug-likeness (QED) is 0.200. The van der Waals surface area contributed by atoms with Crippen LogP contribution in [0.2, 0.25) is 0 Å². The van der Waals surface area contributed by atoms with E-state index in [-0.39, 0.29) is 11.9 Å². The van der Waals surface area contributed by atoms with Crippen molar-refractivity contribution in [1.29, 1.82) is 5.26 Å². The minimum absolute atomic E-state index is 0.0799. The molecule has 2 aliphatic rings. The van der Waals surface area contributed by atoms with Gasteiger partial charge in [-0.25, -0.2) is 4.98 Å². The molecule has 3 heterocycles.